The molecular formula is C20H21N3O5S2. The normalized spacial score (nSPS) is 21.5. The summed E-state index contributed by atoms with van der Waals surface area (Å²) in [5.41, 5.74) is 1.73. The number of amidine groups is 1. The first kappa shape index (κ1) is 20.5. The summed E-state index contributed by atoms with van der Waals surface area (Å²) in [4.78, 5) is 17.2. The molecule has 0 aromatic heterocycles. The first-order valence-electron chi connectivity index (χ1n) is 9.21. The highest BCUT2D eigenvalue weighted by Gasteiger charge is 2.42. The van der Waals surface area contributed by atoms with Crippen molar-refractivity contribution in [3.63, 3.8) is 0 Å². The zero-order valence-corrected chi connectivity index (χ0v) is 18.0. The summed E-state index contributed by atoms with van der Waals surface area (Å²) < 4.78 is 33.8. The smallest absolute Gasteiger partial charge is 0.255 e. The zero-order chi connectivity index (χ0) is 21.3. The Morgan fingerprint density at radius 3 is 2.47 bits per heavy atom. The topological polar surface area (TPSA) is 106 Å². The number of benzene rings is 2. The highest BCUT2D eigenvalue weighted by Crippen LogP contribution is 2.34. The van der Waals surface area contributed by atoms with Gasteiger partial charge in [-0.25, -0.2) is 8.42 Å². The van der Waals surface area contributed by atoms with Crippen molar-refractivity contribution >= 4 is 44.0 Å². The second kappa shape index (κ2) is 8.19. The van der Waals surface area contributed by atoms with Gasteiger partial charge in [0.1, 0.15) is 11.5 Å². The molecule has 0 saturated carbocycles. The van der Waals surface area contributed by atoms with Gasteiger partial charge in [0.25, 0.3) is 5.91 Å². The Labute approximate surface area is 179 Å². The van der Waals surface area contributed by atoms with Crippen LogP contribution in [0.1, 0.15) is 10.4 Å². The molecule has 4 rings (SSSR count). The van der Waals surface area contributed by atoms with E-state index in [1.807, 2.05) is 6.07 Å². The van der Waals surface area contributed by atoms with Crippen LogP contribution in [-0.2, 0) is 9.84 Å². The van der Waals surface area contributed by atoms with Crippen molar-refractivity contribution in [2.75, 3.05) is 36.4 Å². The van der Waals surface area contributed by atoms with Crippen LogP contribution in [0.3, 0.4) is 0 Å². The molecule has 158 valence electrons. The average molecular weight is 448 g/mol. The summed E-state index contributed by atoms with van der Waals surface area (Å²) in [7, 11) is 0.103. The Hall–Kier alpha value is -2.72. The van der Waals surface area contributed by atoms with Gasteiger partial charge in [-0.05, 0) is 18.2 Å². The Kier molecular flexibility index (Phi) is 5.61. The molecule has 1 amide bonds. The maximum Gasteiger partial charge on any atom is 0.255 e. The molecule has 0 aliphatic carbocycles. The van der Waals surface area contributed by atoms with Crippen LogP contribution >= 0.6 is 11.8 Å². The van der Waals surface area contributed by atoms with Crippen LogP contribution in [0.25, 0.3) is 0 Å². The molecule has 0 unspecified atom stereocenters. The van der Waals surface area contributed by atoms with E-state index in [2.05, 4.69) is 15.6 Å². The maximum atomic E-state index is 12.7. The third-order valence-electron chi connectivity index (χ3n) is 4.80. The summed E-state index contributed by atoms with van der Waals surface area (Å²) >= 11 is 1.43. The number of ether oxygens (including phenoxy) is 2. The molecule has 2 aliphatic rings. The van der Waals surface area contributed by atoms with E-state index in [-0.39, 0.29) is 28.7 Å². The minimum absolute atomic E-state index is 0.0352. The average Bonchev–Trinajstić information content (AvgIpc) is 3.20. The van der Waals surface area contributed by atoms with Crippen molar-refractivity contribution < 1.29 is 22.7 Å². The van der Waals surface area contributed by atoms with E-state index in [9.17, 15) is 13.2 Å². The SMILES string of the molecule is COc1cc(NC(=O)c2cccc(NC3=N[C@@H]4CS(=O)(=O)C[C@@H]4S3)c2)cc(OC)c1. The van der Waals surface area contributed by atoms with Gasteiger partial charge in [-0.1, -0.05) is 17.8 Å². The monoisotopic (exact) mass is 447 g/mol. The van der Waals surface area contributed by atoms with Crippen LogP contribution in [0.4, 0.5) is 11.4 Å². The lowest BCUT2D eigenvalue weighted by Gasteiger charge is -2.11. The second-order valence-corrected chi connectivity index (χ2v) is 10.4. The molecule has 2 N–H and O–H groups in total. The van der Waals surface area contributed by atoms with Crippen molar-refractivity contribution in [1.29, 1.82) is 0 Å². The van der Waals surface area contributed by atoms with Gasteiger partial charge in [-0.3, -0.25) is 9.79 Å². The van der Waals surface area contributed by atoms with Crippen molar-refractivity contribution in [2.45, 2.75) is 11.3 Å². The molecule has 2 heterocycles. The zero-order valence-electron chi connectivity index (χ0n) is 16.4. The van der Waals surface area contributed by atoms with E-state index in [4.69, 9.17) is 9.47 Å². The van der Waals surface area contributed by atoms with E-state index < -0.39 is 9.84 Å². The number of methoxy groups -OCH3 is 2. The molecular weight excluding hydrogens is 426 g/mol. The summed E-state index contributed by atoms with van der Waals surface area (Å²) in [6.45, 7) is 0. The van der Waals surface area contributed by atoms with E-state index in [1.165, 1.54) is 11.8 Å². The van der Waals surface area contributed by atoms with Crippen LogP contribution in [0.2, 0.25) is 0 Å². The Morgan fingerprint density at radius 1 is 1.07 bits per heavy atom. The maximum absolute atomic E-state index is 12.7. The summed E-state index contributed by atoms with van der Waals surface area (Å²) in [5, 5.41) is 6.67. The van der Waals surface area contributed by atoms with Crippen molar-refractivity contribution in [1.82, 2.24) is 0 Å². The lowest BCUT2D eigenvalue weighted by atomic mass is 10.2. The first-order valence-corrected chi connectivity index (χ1v) is 11.9. The lowest BCUT2D eigenvalue weighted by molar-refractivity contribution is 0.102. The van der Waals surface area contributed by atoms with Gasteiger partial charge in [0, 0.05) is 40.4 Å². The predicted octanol–water partition coefficient (Wildman–Crippen LogP) is 2.64. The third-order valence-corrected chi connectivity index (χ3v) is 7.95. The third kappa shape index (κ3) is 4.54. The minimum atomic E-state index is -2.99. The molecule has 8 nitrogen and oxygen atoms in total. The standard InChI is InChI=1S/C20H21N3O5S2/c1-27-15-7-14(8-16(9-15)28-2)21-19(24)12-4-3-5-13(6-12)22-20-23-17-10-30(25,26)11-18(17)29-20/h3-9,17-18H,10-11H2,1-2H3,(H,21,24)(H,22,23)/t17-,18+/m1/s1. The molecule has 2 aliphatic heterocycles. The summed E-state index contributed by atoms with van der Waals surface area (Å²) in [6.07, 6.45) is 0. The molecule has 0 bridgehead atoms. The van der Waals surface area contributed by atoms with Crippen LogP contribution in [0.15, 0.2) is 47.5 Å². The van der Waals surface area contributed by atoms with Gasteiger partial charge in [0.15, 0.2) is 15.0 Å². The lowest BCUT2D eigenvalue weighted by Crippen LogP contribution is -2.14. The number of carbonyl (C=O) groups is 1. The van der Waals surface area contributed by atoms with Gasteiger partial charge >= 0.3 is 0 Å². The van der Waals surface area contributed by atoms with Gasteiger partial charge in [0.05, 0.1) is 31.8 Å². The van der Waals surface area contributed by atoms with Crippen molar-refractivity contribution in [2.24, 2.45) is 4.99 Å². The van der Waals surface area contributed by atoms with Crippen LogP contribution in [0.5, 0.6) is 11.5 Å². The van der Waals surface area contributed by atoms with E-state index in [0.717, 1.165) is 0 Å². The molecule has 2 aromatic rings. The van der Waals surface area contributed by atoms with Crippen LogP contribution in [-0.4, -0.2) is 56.5 Å². The van der Waals surface area contributed by atoms with E-state index >= 15 is 0 Å². The van der Waals surface area contributed by atoms with Gasteiger partial charge in [0.2, 0.25) is 0 Å². The predicted molar refractivity (Wildman–Crippen MR) is 119 cm³/mol. The molecule has 30 heavy (non-hydrogen) atoms. The highest BCUT2D eigenvalue weighted by atomic mass is 32.2. The molecule has 0 spiro atoms. The van der Waals surface area contributed by atoms with E-state index in [0.29, 0.717) is 33.6 Å². The van der Waals surface area contributed by atoms with Crippen molar-refractivity contribution in [3.05, 3.63) is 48.0 Å². The van der Waals surface area contributed by atoms with Gasteiger partial charge < -0.3 is 20.1 Å². The largest absolute Gasteiger partial charge is 0.497 e. The number of nitrogens with zero attached hydrogens (tertiary/aromatic N) is 1. The fraction of sp³-hybridized carbons (Fsp3) is 0.300. The molecule has 1 fully saturated rings. The molecule has 2 aromatic carbocycles. The molecule has 2 atom stereocenters. The number of amides is 1. The number of hydrogen-bond acceptors (Lipinski definition) is 8. The number of sulfone groups is 1. The van der Waals surface area contributed by atoms with Gasteiger partial charge in [-0.2, -0.15) is 0 Å². The number of carbonyl (C=O) groups excluding carboxylic acids is 1. The fourth-order valence-electron chi connectivity index (χ4n) is 3.36. The molecule has 0 radical (unpaired) electrons. The number of rotatable bonds is 5. The first-order chi connectivity index (χ1) is 14.3. The Morgan fingerprint density at radius 2 is 1.80 bits per heavy atom. The molecule has 10 heteroatoms. The van der Waals surface area contributed by atoms with Gasteiger partial charge in [-0.15, -0.1) is 0 Å². The number of thioether (sulfide) groups is 1. The second-order valence-electron chi connectivity index (χ2n) is 7.00. The number of hydrogen-bond donors (Lipinski definition) is 2. The number of aliphatic imine (C=N–C) groups is 1. The summed E-state index contributed by atoms with van der Waals surface area (Å²) in [5.74, 6) is 1.12. The number of anilines is 2. The minimum Gasteiger partial charge on any atom is -0.497 e. The number of fused-ring (bicyclic) bond motifs is 1. The quantitative estimate of drug-likeness (QED) is 0.726. The Balaban J connectivity index is 1.46. The number of nitrogens with one attached hydrogen (secondary N) is 2. The van der Waals surface area contributed by atoms with Crippen molar-refractivity contribution in [3.8, 4) is 11.5 Å². The van der Waals surface area contributed by atoms with E-state index in [1.54, 1.807) is 50.6 Å². The Bertz CT molecular complexity index is 1090. The molecule has 1 saturated heterocycles. The summed E-state index contributed by atoms with van der Waals surface area (Å²) in [6, 6.07) is 12.0. The fourth-order valence-corrected chi connectivity index (χ4v) is 7.04. The van der Waals surface area contributed by atoms with Crippen LogP contribution in [0, 0.1) is 0 Å². The van der Waals surface area contributed by atoms with Crippen LogP contribution < -0.4 is 20.1 Å². The highest BCUT2D eigenvalue weighted by molar-refractivity contribution is 8.15.